The minimum Gasteiger partial charge on any atom is -0.271 e. The molecule has 2 rings (SSSR count). The second-order valence-electron chi connectivity index (χ2n) is 4.51. The predicted molar refractivity (Wildman–Crippen MR) is 79.2 cm³/mol. The minimum atomic E-state index is -3.45. The van der Waals surface area contributed by atoms with Crippen LogP contribution in [0.2, 0.25) is 0 Å². The Bertz CT molecular complexity index is 649. The van der Waals surface area contributed by atoms with Gasteiger partial charge >= 0.3 is 0 Å². The van der Waals surface area contributed by atoms with E-state index in [-0.39, 0.29) is 6.04 Å². The SMILES string of the molecule is CC(Cn1cccn1)NS(=O)(=O)/C=C/c1ccccc1. The molecule has 0 radical (unpaired) electrons. The quantitative estimate of drug-likeness (QED) is 0.883. The summed E-state index contributed by atoms with van der Waals surface area (Å²) in [6.45, 7) is 2.29. The number of benzene rings is 1. The van der Waals surface area contributed by atoms with E-state index in [2.05, 4.69) is 9.82 Å². The van der Waals surface area contributed by atoms with E-state index in [9.17, 15) is 8.42 Å². The van der Waals surface area contributed by atoms with Gasteiger partial charge in [0.25, 0.3) is 0 Å². The van der Waals surface area contributed by atoms with Crippen molar-refractivity contribution >= 4 is 16.1 Å². The van der Waals surface area contributed by atoms with Crippen LogP contribution in [0.3, 0.4) is 0 Å². The first kappa shape index (κ1) is 14.5. The summed E-state index contributed by atoms with van der Waals surface area (Å²) < 4.78 is 28.1. The minimum absolute atomic E-state index is 0.236. The molecule has 0 spiro atoms. The Labute approximate surface area is 119 Å². The molecular weight excluding hydrogens is 274 g/mol. The maximum Gasteiger partial charge on any atom is 0.234 e. The van der Waals surface area contributed by atoms with E-state index >= 15 is 0 Å². The van der Waals surface area contributed by atoms with Gasteiger partial charge in [0, 0.05) is 23.8 Å². The summed E-state index contributed by atoms with van der Waals surface area (Å²) in [5, 5.41) is 5.23. The summed E-state index contributed by atoms with van der Waals surface area (Å²) in [7, 11) is -3.45. The topological polar surface area (TPSA) is 64.0 Å². The molecule has 1 aromatic heterocycles. The number of nitrogens with zero attached hydrogens (tertiary/aromatic N) is 2. The van der Waals surface area contributed by atoms with Gasteiger partial charge in [0.1, 0.15) is 0 Å². The van der Waals surface area contributed by atoms with E-state index in [4.69, 9.17) is 0 Å². The molecule has 0 saturated heterocycles. The molecule has 1 N–H and O–H groups in total. The highest BCUT2D eigenvalue weighted by Gasteiger charge is 2.11. The molecule has 1 aromatic carbocycles. The Morgan fingerprint density at radius 2 is 2.05 bits per heavy atom. The monoisotopic (exact) mass is 291 g/mol. The summed E-state index contributed by atoms with van der Waals surface area (Å²) in [6.07, 6.45) is 5.03. The zero-order valence-electron chi connectivity index (χ0n) is 11.2. The van der Waals surface area contributed by atoms with E-state index in [0.717, 1.165) is 5.56 Å². The lowest BCUT2D eigenvalue weighted by Crippen LogP contribution is -2.34. The van der Waals surface area contributed by atoms with Crippen LogP contribution in [0.1, 0.15) is 12.5 Å². The number of aromatic nitrogens is 2. The molecule has 6 heteroatoms. The van der Waals surface area contributed by atoms with E-state index in [1.807, 2.05) is 30.3 Å². The van der Waals surface area contributed by atoms with Crippen molar-refractivity contribution in [1.82, 2.24) is 14.5 Å². The van der Waals surface area contributed by atoms with Crippen molar-refractivity contribution in [2.75, 3.05) is 0 Å². The highest BCUT2D eigenvalue weighted by molar-refractivity contribution is 7.92. The van der Waals surface area contributed by atoms with E-state index < -0.39 is 10.0 Å². The Morgan fingerprint density at radius 3 is 2.70 bits per heavy atom. The standard InChI is InChI=1S/C14H17N3O2S/c1-13(12-17-10-5-9-15-17)16-20(18,19)11-8-14-6-3-2-4-7-14/h2-11,13,16H,12H2,1H3/b11-8+. The van der Waals surface area contributed by atoms with Crippen molar-refractivity contribution in [2.45, 2.75) is 19.5 Å². The Kier molecular flexibility index (Phi) is 4.70. The molecule has 0 bridgehead atoms. The second kappa shape index (κ2) is 6.49. The second-order valence-corrected chi connectivity index (χ2v) is 6.10. The molecule has 0 fully saturated rings. The zero-order valence-corrected chi connectivity index (χ0v) is 12.0. The third-order valence-electron chi connectivity index (χ3n) is 2.62. The first-order valence-corrected chi connectivity index (χ1v) is 7.83. The molecule has 106 valence electrons. The van der Waals surface area contributed by atoms with Crippen molar-refractivity contribution in [3.8, 4) is 0 Å². The number of nitrogens with one attached hydrogen (secondary N) is 1. The molecule has 1 atom stereocenters. The predicted octanol–water partition coefficient (Wildman–Crippen LogP) is 1.86. The Hall–Kier alpha value is -1.92. The van der Waals surface area contributed by atoms with Gasteiger partial charge in [-0.3, -0.25) is 4.68 Å². The molecule has 0 aliphatic heterocycles. The summed E-state index contributed by atoms with van der Waals surface area (Å²) >= 11 is 0. The number of sulfonamides is 1. The van der Waals surface area contributed by atoms with Crippen LogP contribution in [0.4, 0.5) is 0 Å². The van der Waals surface area contributed by atoms with Crippen molar-refractivity contribution in [2.24, 2.45) is 0 Å². The smallest absolute Gasteiger partial charge is 0.234 e. The summed E-state index contributed by atoms with van der Waals surface area (Å²) in [5.41, 5.74) is 0.845. The van der Waals surface area contributed by atoms with Gasteiger partial charge in [0.15, 0.2) is 0 Å². The fourth-order valence-electron chi connectivity index (χ4n) is 1.78. The molecule has 0 saturated carbocycles. The van der Waals surface area contributed by atoms with Crippen LogP contribution in [0.15, 0.2) is 54.2 Å². The molecule has 5 nitrogen and oxygen atoms in total. The van der Waals surface area contributed by atoms with Crippen molar-refractivity contribution < 1.29 is 8.42 Å². The average molecular weight is 291 g/mol. The van der Waals surface area contributed by atoms with Crippen LogP contribution in [0.25, 0.3) is 6.08 Å². The van der Waals surface area contributed by atoms with E-state index in [0.29, 0.717) is 6.54 Å². The van der Waals surface area contributed by atoms with Crippen LogP contribution in [0.5, 0.6) is 0 Å². The number of hydrogen-bond acceptors (Lipinski definition) is 3. The lowest BCUT2D eigenvalue weighted by atomic mass is 10.2. The third-order valence-corrected chi connectivity index (χ3v) is 3.85. The highest BCUT2D eigenvalue weighted by atomic mass is 32.2. The molecule has 1 heterocycles. The first-order valence-electron chi connectivity index (χ1n) is 6.28. The van der Waals surface area contributed by atoms with Gasteiger partial charge < -0.3 is 0 Å². The van der Waals surface area contributed by atoms with Crippen LogP contribution in [-0.4, -0.2) is 24.2 Å². The number of hydrogen-bond donors (Lipinski definition) is 1. The molecule has 2 aromatic rings. The van der Waals surface area contributed by atoms with Gasteiger partial charge in [-0.15, -0.1) is 0 Å². The molecule has 20 heavy (non-hydrogen) atoms. The van der Waals surface area contributed by atoms with E-state index in [1.165, 1.54) is 5.41 Å². The van der Waals surface area contributed by atoms with Gasteiger partial charge in [-0.2, -0.15) is 5.10 Å². The zero-order chi connectivity index (χ0) is 14.4. The fraction of sp³-hybridized carbons (Fsp3) is 0.214. The molecular formula is C14H17N3O2S. The van der Waals surface area contributed by atoms with E-state index in [1.54, 1.807) is 36.1 Å². The lowest BCUT2D eigenvalue weighted by Gasteiger charge is -2.12. The lowest BCUT2D eigenvalue weighted by molar-refractivity contribution is 0.497. The molecule has 0 amide bonds. The summed E-state index contributed by atoms with van der Waals surface area (Å²) in [5.74, 6) is 0. The molecule has 0 aliphatic rings. The molecule has 1 unspecified atom stereocenters. The Balaban J connectivity index is 1.95. The molecule has 0 aliphatic carbocycles. The largest absolute Gasteiger partial charge is 0.271 e. The highest BCUT2D eigenvalue weighted by Crippen LogP contribution is 2.03. The van der Waals surface area contributed by atoms with Gasteiger partial charge in [-0.1, -0.05) is 30.3 Å². The normalized spacial score (nSPS) is 13.7. The van der Waals surface area contributed by atoms with Crippen LogP contribution in [0, 0.1) is 0 Å². The number of rotatable bonds is 6. The van der Waals surface area contributed by atoms with Gasteiger partial charge in [-0.05, 0) is 24.6 Å². The van der Waals surface area contributed by atoms with Crippen molar-refractivity contribution in [1.29, 1.82) is 0 Å². The Morgan fingerprint density at radius 1 is 1.30 bits per heavy atom. The van der Waals surface area contributed by atoms with Gasteiger partial charge in [-0.25, -0.2) is 13.1 Å². The first-order chi connectivity index (χ1) is 9.55. The summed E-state index contributed by atoms with van der Waals surface area (Å²) in [4.78, 5) is 0. The van der Waals surface area contributed by atoms with Crippen LogP contribution >= 0.6 is 0 Å². The summed E-state index contributed by atoms with van der Waals surface area (Å²) in [6, 6.07) is 10.9. The van der Waals surface area contributed by atoms with Crippen LogP contribution in [-0.2, 0) is 16.6 Å². The van der Waals surface area contributed by atoms with Crippen LogP contribution < -0.4 is 4.72 Å². The maximum atomic E-state index is 11.9. The maximum absolute atomic E-state index is 11.9. The average Bonchev–Trinajstić information content (AvgIpc) is 2.90. The fourth-order valence-corrected chi connectivity index (χ4v) is 2.83. The van der Waals surface area contributed by atoms with Crippen molar-refractivity contribution in [3.63, 3.8) is 0 Å². The van der Waals surface area contributed by atoms with Gasteiger partial charge in [0.2, 0.25) is 10.0 Å². The van der Waals surface area contributed by atoms with Gasteiger partial charge in [0.05, 0.1) is 6.54 Å². The van der Waals surface area contributed by atoms with Crippen molar-refractivity contribution in [3.05, 3.63) is 59.8 Å². The third kappa shape index (κ3) is 4.64.